The molecule has 0 bridgehead atoms. The fraction of sp³-hybridized carbons (Fsp3) is 0.938. The lowest BCUT2D eigenvalue weighted by Gasteiger charge is -2.21. The number of rotatable bonds is 62. The maximum Gasteiger partial charge on any atom is 0.472 e. The molecular weight excluding hydrogens is 1110 g/mol. The van der Waals surface area contributed by atoms with Crippen LogP contribution in [0, 0.1) is 23.7 Å². The van der Waals surface area contributed by atoms with Gasteiger partial charge in [-0.1, -0.05) is 261 Å². The molecule has 19 heteroatoms. The first-order chi connectivity index (χ1) is 40.2. The lowest BCUT2D eigenvalue weighted by atomic mass is 10.00. The topological polar surface area (TPSA) is 237 Å². The van der Waals surface area contributed by atoms with Crippen molar-refractivity contribution in [1.29, 1.82) is 0 Å². The van der Waals surface area contributed by atoms with Crippen LogP contribution in [-0.2, 0) is 65.4 Å². The van der Waals surface area contributed by atoms with Gasteiger partial charge in [-0.3, -0.25) is 37.3 Å². The average molecular weight is 1240 g/mol. The van der Waals surface area contributed by atoms with Crippen molar-refractivity contribution in [3.8, 4) is 0 Å². The van der Waals surface area contributed by atoms with E-state index >= 15 is 0 Å². The van der Waals surface area contributed by atoms with Crippen LogP contribution in [-0.4, -0.2) is 96.7 Å². The summed E-state index contributed by atoms with van der Waals surface area (Å²) < 4.78 is 68.0. The molecule has 0 aliphatic rings. The van der Waals surface area contributed by atoms with E-state index in [2.05, 4.69) is 55.4 Å². The zero-order chi connectivity index (χ0) is 62.5. The Morgan fingerprint density at radius 1 is 0.333 bits per heavy atom. The molecule has 498 valence electrons. The minimum Gasteiger partial charge on any atom is -0.462 e. The van der Waals surface area contributed by atoms with Crippen LogP contribution in [0.2, 0.25) is 0 Å². The van der Waals surface area contributed by atoms with Gasteiger partial charge in [-0.15, -0.1) is 0 Å². The first-order valence-electron chi connectivity index (χ1n) is 33.8. The summed E-state index contributed by atoms with van der Waals surface area (Å²) in [6.07, 6.45) is 35.0. The van der Waals surface area contributed by atoms with Crippen molar-refractivity contribution in [2.24, 2.45) is 23.7 Å². The van der Waals surface area contributed by atoms with E-state index in [-0.39, 0.29) is 25.7 Å². The molecule has 17 nitrogen and oxygen atoms in total. The molecule has 0 fully saturated rings. The highest BCUT2D eigenvalue weighted by Gasteiger charge is 2.30. The summed E-state index contributed by atoms with van der Waals surface area (Å²) in [5.41, 5.74) is 0. The number of esters is 4. The van der Waals surface area contributed by atoms with Crippen LogP contribution in [0.4, 0.5) is 0 Å². The number of phosphoric ester groups is 2. The summed E-state index contributed by atoms with van der Waals surface area (Å²) >= 11 is 0. The maximum absolute atomic E-state index is 13.0. The molecule has 0 saturated heterocycles. The van der Waals surface area contributed by atoms with Crippen LogP contribution in [0.25, 0.3) is 0 Å². The van der Waals surface area contributed by atoms with E-state index < -0.39 is 97.5 Å². The Balaban J connectivity index is 5.26. The molecule has 0 saturated carbocycles. The second kappa shape index (κ2) is 55.2. The molecule has 0 aliphatic carbocycles. The smallest absolute Gasteiger partial charge is 0.462 e. The highest BCUT2D eigenvalue weighted by molar-refractivity contribution is 7.47. The van der Waals surface area contributed by atoms with E-state index in [0.717, 1.165) is 120 Å². The summed E-state index contributed by atoms with van der Waals surface area (Å²) in [4.78, 5) is 72.2. The van der Waals surface area contributed by atoms with Crippen molar-refractivity contribution in [2.75, 3.05) is 39.6 Å². The Bertz CT molecular complexity index is 1680. The first kappa shape index (κ1) is 82.1. The van der Waals surface area contributed by atoms with Gasteiger partial charge in [0.1, 0.15) is 19.3 Å². The zero-order valence-electron chi connectivity index (χ0n) is 54.5. The number of phosphoric acid groups is 2. The van der Waals surface area contributed by atoms with E-state index in [9.17, 15) is 43.2 Å². The Labute approximate surface area is 511 Å². The Morgan fingerprint density at radius 3 is 0.845 bits per heavy atom. The maximum atomic E-state index is 13.0. The van der Waals surface area contributed by atoms with Gasteiger partial charge in [0.15, 0.2) is 12.2 Å². The van der Waals surface area contributed by atoms with Crippen LogP contribution in [0.15, 0.2) is 0 Å². The van der Waals surface area contributed by atoms with Crippen molar-refractivity contribution in [3.05, 3.63) is 0 Å². The van der Waals surface area contributed by atoms with Crippen molar-refractivity contribution in [1.82, 2.24) is 0 Å². The predicted octanol–water partition coefficient (Wildman–Crippen LogP) is 17.8. The molecule has 0 spiro atoms. The largest absolute Gasteiger partial charge is 0.472 e. The molecule has 0 aromatic heterocycles. The van der Waals surface area contributed by atoms with Gasteiger partial charge >= 0.3 is 39.5 Å². The number of hydrogen-bond donors (Lipinski definition) is 3. The average Bonchev–Trinajstić information content (AvgIpc) is 3.53. The highest BCUT2D eigenvalue weighted by atomic mass is 31.2. The summed E-state index contributed by atoms with van der Waals surface area (Å²) in [5, 5.41) is 10.5. The number of ether oxygens (including phenoxy) is 4. The van der Waals surface area contributed by atoms with Crippen LogP contribution < -0.4 is 0 Å². The molecule has 7 atom stereocenters. The minimum absolute atomic E-state index is 0.101. The van der Waals surface area contributed by atoms with E-state index in [1.54, 1.807) is 0 Å². The molecule has 4 unspecified atom stereocenters. The lowest BCUT2D eigenvalue weighted by molar-refractivity contribution is -0.161. The number of hydrogen-bond acceptors (Lipinski definition) is 15. The molecule has 0 aromatic carbocycles. The Hall–Kier alpha value is -1.94. The molecular formula is C65H126O17P2. The lowest BCUT2D eigenvalue weighted by Crippen LogP contribution is -2.30. The number of carbonyl (C=O) groups excluding carboxylic acids is 4. The third kappa shape index (κ3) is 56.6. The van der Waals surface area contributed by atoms with Crippen molar-refractivity contribution in [3.63, 3.8) is 0 Å². The van der Waals surface area contributed by atoms with Gasteiger partial charge in [-0.2, -0.15) is 0 Å². The van der Waals surface area contributed by atoms with Crippen LogP contribution in [0.1, 0.15) is 312 Å². The van der Waals surface area contributed by atoms with E-state index in [1.807, 2.05) is 0 Å². The van der Waals surface area contributed by atoms with Gasteiger partial charge in [0.2, 0.25) is 0 Å². The Kier molecular flexibility index (Phi) is 53.9. The molecule has 0 amide bonds. The van der Waals surface area contributed by atoms with Crippen LogP contribution >= 0.6 is 15.6 Å². The molecule has 84 heavy (non-hydrogen) atoms. The van der Waals surface area contributed by atoms with E-state index in [4.69, 9.17) is 37.0 Å². The summed E-state index contributed by atoms with van der Waals surface area (Å²) in [7, 11) is -9.89. The normalized spacial score (nSPS) is 15.1. The van der Waals surface area contributed by atoms with Crippen molar-refractivity contribution in [2.45, 2.75) is 331 Å². The second-order valence-electron chi connectivity index (χ2n) is 24.9. The van der Waals surface area contributed by atoms with Gasteiger partial charge in [-0.05, 0) is 49.4 Å². The number of aliphatic hydroxyl groups is 1. The highest BCUT2D eigenvalue weighted by Crippen LogP contribution is 2.45. The number of aliphatic hydroxyl groups excluding tert-OH is 1. The van der Waals surface area contributed by atoms with Gasteiger partial charge in [0.05, 0.1) is 26.4 Å². The summed E-state index contributed by atoms with van der Waals surface area (Å²) in [6, 6.07) is 0. The van der Waals surface area contributed by atoms with E-state index in [0.29, 0.717) is 31.6 Å². The fourth-order valence-corrected chi connectivity index (χ4v) is 11.1. The zero-order valence-corrected chi connectivity index (χ0v) is 56.3. The van der Waals surface area contributed by atoms with Gasteiger partial charge in [0, 0.05) is 25.7 Å². The molecule has 0 rings (SSSR count). The molecule has 0 radical (unpaired) electrons. The van der Waals surface area contributed by atoms with Crippen LogP contribution in [0.3, 0.4) is 0 Å². The number of carbonyl (C=O) groups is 4. The summed E-state index contributed by atoms with van der Waals surface area (Å²) in [5.74, 6) is 0.781. The molecule has 0 aromatic rings. The second-order valence-corrected chi connectivity index (χ2v) is 27.8. The quantitative estimate of drug-likeness (QED) is 0.0222. The van der Waals surface area contributed by atoms with Gasteiger partial charge in [-0.25, -0.2) is 9.13 Å². The van der Waals surface area contributed by atoms with Gasteiger partial charge < -0.3 is 33.8 Å². The molecule has 3 N–H and O–H groups in total. The third-order valence-corrected chi connectivity index (χ3v) is 17.4. The predicted molar refractivity (Wildman–Crippen MR) is 335 cm³/mol. The molecule has 0 heterocycles. The first-order valence-corrected chi connectivity index (χ1v) is 36.8. The third-order valence-electron chi connectivity index (χ3n) is 15.5. The van der Waals surface area contributed by atoms with Crippen molar-refractivity contribution >= 4 is 39.5 Å². The Morgan fingerprint density at radius 2 is 0.571 bits per heavy atom. The molecule has 0 aliphatic heterocycles. The summed E-state index contributed by atoms with van der Waals surface area (Å²) in [6.45, 7) is 14.0. The fourth-order valence-electron chi connectivity index (χ4n) is 9.54. The van der Waals surface area contributed by atoms with Gasteiger partial charge in [0.25, 0.3) is 0 Å². The van der Waals surface area contributed by atoms with Crippen molar-refractivity contribution < 1.29 is 80.2 Å². The van der Waals surface area contributed by atoms with E-state index in [1.165, 1.54) is 103 Å². The minimum atomic E-state index is -4.95. The number of unbranched alkanes of at least 4 members (excludes halogenated alkanes) is 26. The standard InChI is InChI=1S/C65H126O17P2/c1-9-57(7)43-35-27-21-23-30-38-46-63(68)76-52-60(81-64(69)47-39-31-19-15-13-11-12-14-17-25-33-41-55(3)4)53-79-83(71,72)77-49-59(66)50-78-84(73,74)80-54-61(82-65(70)48-40-32-24-22-28-36-44-58(8)10-2)51-75-62(67)45-37-29-20-16-18-26-34-42-56(5)6/h55-61,66H,9-54H2,1-8H3,(H,71,72)(H,73,74)/t57?,58?,59-,60+,61+/m0/s1. The van der Waals surface area contributed by atoms with Crippen LogP contribution in [0.5, 0.6) is 0 Å². The monoisotopic (exact) mass is 1240 g/mol. The SMILES string of the molecule is CCC(C)CCCCCCCCC(=O)OC[C@H](COP(=O)(O)OC[C@H](O)COP(=O)(O)OC[C@@H](COC(=O)CCCCCCCCCC(C)C)OC(=O)CCCCCCCCC(C)CC)OC(=O)CCCCCCCCCCCCCC(C)C.